The van der Waals surface area contributed by atoms with Gasteiger partial charge in [-0.05, 0) is 51.7 Å². The molecule has 0 fully saturated rings. The Morgan fingerprint density at radius 2 is 1.32 bits per heavy atom. The molecule has 0 amide bonds. The summed E-state index contributed by atoms with van der Waals surface area (Å²) >= 11 is 0. The standard InChI is InChI=1S/C34H22N4/c35-29-18-16-22-13-14-24-20-26(15-17-27(24)31(22)32(29)36)34-37-30-12-5-4-11-28(30)33(38-34)25-10-6-9-23(19-25)21-7-2-1-3-8-21/h1-20,35-36H. The molecular weight excluding hydrogens is 464 g/mol. The van der Waals surface area contributed by atoms with Gasteiger partial charge in [0.05, 0.1) is 22.6 Å². The minimum absolute atomic E-state index is 0.231. The van der Waals surface area contributed by atoms with E-state index in [1.54, 1.807) is 6.08 Å². The molecule has 7 rings (SSSR count). The van der Waals surface area contributed by atoms with Crippen LogP contribution in [0.4, 0.5) is 0 Å². The van der Waals surface area contributed by atoms with Crippen molar-refractivity contribution in [1.29, 1.82) is 10.8 Å². The van der Waals surface area contributed by atoms with Crippen LogP contribution < -0.4 is 0 Å². The Bertz CT molecular complexity index is 1950. The zero-order valence-electron chi connectivity index (χ0n) is 20.4. The minimum atomic E-state index is 0.231. The van der Waals surface area contributed by atoms with Crippen LogP contribution in [-0.4, -0.2) is 21.4 Å². The first-order valence-electron chi connectivity index (χ1n) is 12.5. The lowest BCUT2D eigenvalue weighted by atomic mass is 9.89. The summed E-state index contributed by atoms with van der Waals surface area (Å²) in [5, 5.41) is 19.5. The van der Waals surface area contributed by atoms with Crippen molar-refractivity contribution in [2.75, 3.05) is 0 Å². The van der Waals surface area contributed by atoms with Crippen molar-refractivity contribution < 1.29 is 0 Å². The molecule has 4 nitrogen and oxygen atoms in total. The first-order valence-corrected chi connectivity index (χ1v) is 12.5. The van der Waals surface area contributed by atoms with Crippen molar-refractivity contribution in [3.05, 3.63) is 126 Å². The smallest absolute Gasteiger partial charge is 0.160 e. The summed E-state index contributed by atoms with van der Waals surface area (Å²) in [7, 11) is 0. The Kier molecular flexibility index (Phi) is 5.05. The molecule has 0 atom stereocenters. The highest BCUT2D eigenvalue weighted by atomic mass is 14.9. The molecule has 1 aliphatic rings. The normalized spacial score (nSPS) is 12.7. The lowest BCUT2D eigenvalue weighted by Gasteiger charge is -2.16. The predicted octanol–water partition coefficient (Wildman–Crippen LogP) is 8.20. The summed E-state index contributed by atoms with van der Waals surface area (Å²) in [4.78, 5) is 10.0. The molecular formula is C34H22N4. The molecule has 1 heterocycles. The highest BCUT2D eigenvalue weighted by Crippen LogP contribution is 2.34. The SMILES string of the molecule is N=C1C=Cc2ccc3cc(-c4nc(-c5cccc(-c6ccccc6)c5)c5ccccc5n4)ccc3c2C1=N. The van der Waals surface area contributed by atoms with Gasteiger partial charge in [0.15, 0.2) is 5.82 Å². The number of nitrogens with one attached hydrogen (secondary N) is 2. The van der Waals surface area contributed by atoms with E-state index in [4.69, 9.17) is 20.8 Å². The third-order valence-corrected chi connectivity index (χ3v) is 7.11. The monoisotopic (exact) mass is 486 g/mol. The first kappa shape index (κ1) is 22.0. The molecule has 0 spiro atoms. The van der Waals surface area contributed by atoms with Gasteiger partial charge >= 0.3 is 0 Å². The summed E-state index contributed by atoms with van der Waals surface area (Å²) in [6.07, 6.45) is 3.59. The zero-order chi connectivity index (χ0) is 25.6. The number of benzene rings is 5. The van der Waals surface area contributed by atoms with Crippen LogP contribution in [0.25, 0.3) is 61.5 Å². The van der Waals surface area contributed by atoms with E-state index in [2.05, 4.69) is 66.7 Å². The summed E-state index contributed by atoms with van der Waals surface area (Å²) in [5.41, 5.74) is 8.31. The maximum atomic E-state index is 8.47. The maximum Gasteiger partial charge on any atom is 0.160 e. The number of hydrogen-bond donors (Lipinski definition) is 2. The van der Waals surface area contributed by atoms with E-state index in [0.717, 1.165) is 55.2 Å². The van der Waals surface area contributed by atoms with Crippen molar-refractivity contribution in [2.45, 2.75) is 0 Å². The molecule has 0 radical (unpaired) electrons. The fraction of sp³-hybridized carbons (Fsp3) is 0. The number of nitrogens with zero attached hydrogens (tertiary/aromatic N) is 2. The molecule has 6 aromatic rings. The number of fused-ring (bicyclic) bond motifs is 4. The van der Waals surface area contributed by atoms with Gasteiger partial charge in [0.25, 0.3) is 0 Å². The second-order valence-electron chi connectivity index (χ2n) is 9.45. The molecule has 1 aliphatic carbocycles. The third-order valence-electron chi connectivity index (χ3n) is 7.11. The van der Waals surface area contributed by atoms with Crippen molar-refractivity contribution >= 4 is 39.2 Å². The highest BCUT2D eigenvalue weighted by Gasteiger charge is 2.18. The molecule has 178 valence electrons. The second-order valence-corrected chi connectivity index (χ2v) is 9.45. The van der Waals surface area contributed by atoms with Crippen LogP contribution in [0.3, 0.4) is 0 Å². The van der Waals surface area contributed by atoms with Crippen LogP contribution in [0.1, 0.15) is 11.1 Å². The summed E-state index contributed by atoms with van der Waals surface area (Å²) in [6.45, 7) is 0. The molecule has 0 aliphatic heterocycles. The second kappa shape index (κ2) is 8.71. The van der Waals surface area contributed by atoms with E-state index >= 15 is 0 Å². The first-order chi connectivity index (χ1) is 18.7. The average Bonchev–Trinajstić information content (AvgIpc) is 2.98. The van der Waals surface area contributed by atoms with Crippen molar-refractivity contribution in [3.63, 3.8) is 0 Å². The zero-order valence-corrected chi connectivity index (χ0v) is 20.4. The van der Waals surface area contributed by atoms with Crippen molar-refractivity contribution in [1.82, 2.24) is 9.97 Å². The Morgan fingerprint density at radius 3 is 2.21 bits per heavy atom. The molecule has 0 saturated carbocycles. The quantitative estimate of drug-likeness (QED) is 0.265. The van der Waals surface area contributed by atoms with Gasteiger partial charge in [0.1, 0.15) is 0 Å². The van der Waals surface area contributed by atoms with E-state index in [1.807, 2.05) is 48.5 Å². The van der Waals surface area contributed by atoms with Crippen molar-refractivity contribution in [3.8, 4) is 33.8 Å². The average molecular weight is 487 g/mol. The minimum Gasteiger partial charge on any atom is -0.299 e. The molecule has 1 aromatic heterocycles. The van der Waals surface area contributed by atoms with Crippen LogP contribution in [0.2, 0.25) is 0 Å². The van der Waals surface area contributed by atoms with E-state index in [1.165, 1.54) is 5.56 Å². The van der Waals surface area contributed by atoms with E-state index in [-0.39, 0.29) is 11.4 Å². The van der Waals surface area contributed by atoms with Gasteiger partial charge in [-0.3, -0.25) is 10.8 Å². The van der Waals surface area contributed by atoms with E-state index in [0.29, 0.717) is 5.82 Å². The summed E-state index contributed by atoms with van der Waals surface area (Å²) in [5.74, 6) is 0.658. The van der Waals surface area contributed by atoms with Crippen LogP contribution in [0, 0.1) is 10.8 Å². The molecule has 0 unspecified atom stereocenters. The Hall–Kier alpha value is -5.22. The number of rotatable bonds is 3. The molecule has 2 N–H and O–H groups in total. The molecule has 0 bridgehead atoms. The van der Waals surface area contributed by atoms with Crippen LogP contribution in [-0.2, 0) is 0 Å². The van der Waals surface area contributed by atoms with Crippen LogP contribution in [0.5, 0.6) is 0 Å². The van der Waals surface area contributed by atoms with Crippen molar-refractivity contribution in [2.24, 2.45) is 0 Å². The van der Waals surface area contributed by atoms with Gasteiger partial charge in [-0.1, -0.05) is 97.1 Å². The fourth-order valence-electron chi connectivity index (χ4n) is 5.20. The topological polar surface area (TPSA) is 73.5 Å². The predicted molar refractivity (Wildman–Crippen MR) is 157 cm³/mol. The fourth-order valence-corrected chi connectivity index (χ4v) is 5.20. The van der Waals surface area contributed by atoms with Crippen LogP contribution >= 0.6 is 0 Å². The summed E-state index contributed by atoms with van der Waals surface area (Å²) in [6, 6.07) is 37.2. The summed E-state index contributed by atoms with van der Waals surface area (Å²) < 4.78 is 0. The molecule has 38 heavy (non-hydrogen) atoms. The van der Waals surface area contributed by atoms with Gasteiger partial charge in [-0.2, -0.15) is 0 Å². The number of aromatic nitrogens is 2. The Morgan fingerprint density at radius 1 is 0.526 bits per heavy atom. The highest BCUT2D eigenvalue weighted by molar-refractivity contribution is 6.53. The number of hydrogen-bond acceptors (Lipinski definition) is 4. The van der Waals surface area contributed by atoms with Gasteiger partial charge < -0.3 is 0 Å². The van der Waals surface area contributed by atoms with Gasteiger partial charge in [0.2, 0.25) is 0 Å². The molecule has 4 heteroatoms. The largest absolute Gasteiger partial charge is 0.299 e. The molecule has 0 saturated heterocycles. The maximum absolute atomic E-state index is 8.47. The van der Waals surface area contributed by atoms with Gasteiger partial charge in [0, 0.05) is 22.1 Å². The number of allylic oxidation sites excluding steroid dienone is 1. The van der Waals surface area contributed by atoms with Gasteiger partial charge in [-0.25, -0.2) is 9.97 Å². The van der Waals surface area contributed by atoms with E-state index in [9.17, 15) is 0 Å². The Balaban J connectivity index is 1.40. The van der Waals surface area contributed by atoms with Gasteiger partial charge in [-0.15, -0.1) is 0 Å². The molecule has 5 aromatic carbocycles. The number of para-hydroxylation sites is 1. The third kappa shape index (κ3) is 3.62. The lowest BCUT2D eigenvalue weighted by Crippen LogP contribution is -2.16. The Labute approximate surface area is 220 Å². The van der Waals surface area contributed by atoms with E-state index < -0.39 is 0 Å². The lowest BCUT2D eigenvalue weighted by molar-refractivity contribution is 1.23. The van der Waals surface area contributed by atoms with Crippen LogP contribution in [0.15, 0.2) is 115 Å².